The van der Waals surface area contributed by atoms with Crippen LogP contribution in [0.25, 0.3) is 28.0 Å². The first-order valence-corrected chi connectivity index (χ1v) is 16.9. The number of thioether (sulfide) groups is 1. The summed E-state index contributed by atoms with van der Waals surface area (Å²) < 4.78 is 29.4. The Hall–Kier alpha value is -3.25. The van der Waals surface area contributed by atoms with Crippen LogP contribution in [0.4, 0.5) is 8.78 Å². The lowest BCUT2D eigenvalue weighted by molar-refractivity contribution is 0.407. The quantitative estimate of drug-likeness (QED) is 0.0459. The van der Waals surface area contributed by atoms with Gasteiger partial charge in [0.25, 0.3) is 0 Å². The molecule has 0 saturated heterocycles. The topological polar surface area (TPSA) is 127 Å². The van der Waals surface area contributed by atoms with Crippen LogP contribution in [0.5, 0.6) is 0 Å². The first-order valence-electron chi connectivity index (χ1n) is 15.3. The van der Waals surface area contributed by atoms with Crippen molar-refractivity contribution in [3.8, 4) is 16.9 Å². The number of rotatable bonds is 16. The van der Waals surface area contributed by atoms with Crippen molar-refractivity contribution < 1.29 is 8.78 Å². The molecule has 8 nitrogen and oxygen atoms in total. The summed E-state index contributed by atoms with van der Waals surface area (Å²) in [7, 11) is 0. The van der Waals surface area contributed by atoms with Gasteiger partial charge in [-0.25, -0.2) is 13.6 Å². The zero-order valence-electron chi connectivity index (χ0n) is 26.0. The molecular weight excluding hydrogens is 616 g/mol. The predicted molar refractivity (Wildman–Crippen MR) is 183 cm³/mol. The fourth-order valence-electron chi connectivity index (χ4n) is 5.36. The van der Waals surface area contributed by atoms with Gasteiger partial charge in [0.05, 0.1) is 22.2 Å². The number of hydrogen-bond acceptors (Lipinski definition) is 6. The number of nitrogens with zero attached hydrogens (tertiary/aromatic N) is 3. The van der Waals surface area contributed by atoms with E-state index in [9.17, 15) is 9.18 Å². The number of amidine groups is 1. The number of aliphatic imine (C=N–C) groups is 1. The van der Waals surface area contributed by atoms with Crippen LogP contribution < -0.4 is 22.5 Å². The standard InChI is InChI=1S/C33H42ClF2N7OS/c1-4-7-28(40-13-6-12-39-20(2)37)25-11-10-24(17-30(25)45-3)43-19-22-16-29(41-32(22)42-33(43)44)26-14-21(15-27(34)31(26)36)8-5-9-23(38)18-35/h10-11,14-17,19,23,28,40H,4-9,12-13,18,38H2,1-3H3,(H2,37,39)(H,41,42,44). The van der Waals surface area contributed by atoms with Crippen molar-refractivity contribution in [1.29, 1.82) is 0 Å². The average Bonchev–Trinajstić information content (AvgIpc) is 3.43. The number of nitrogens with two attached hydrogens (primary N) is 2. The monoisotopic (exact) mass is 657 g/mol. The maximum atomic E-state index is 15.2. The van der Waals surface area contributed by atoms with Crippen molar-refractivity contribution in [1.82, 2.24) is 19.9 Å². The zero-order valence-corrected chi connectivity index (χ0v) is 27.6. The highest BCUT2D eigenvalue weighted by Gasteiger charge is 2.18. The van der Waals surface area contributed by atoms with E-state index in [1.165, 1.54) is 10.1 Å². The summed E-state index contributed by atoms with van der Waals surface area (Å²) in [4.78, 5) is 25.9. The van der Waals surface area contributed by atoms with E-state index in [0.717, 1.165) is 36.3 Å². The van der Waals surface area contributed by atoms with Gasteiger partial charge in [0, 0.05) is 40.7 Å². The van der Waals surface area contributed by atoms with Crippen molar-refractivity contribution in [3.05, 3.63) is 75.0 Å². The average molecular weight is 658 g/mol. The number of hydrogen-bond donors (Lipinski definition) is 4. The van der Waals surface area contributed by atoms with Gasteiger partial charge in [0.2, 0.25) is 0 Å². The number of aromatic amines is 1. The van der Waals surface area contributed by atoms with E-state index in [1.54, 1.807) is 43.1 Å². The smallest absolute Gasteiger partial charge is 0.354 e. The Morgan fingerprint density at radius 2 is 2.02 bits per heavy atom. The Kier molecular flexibility index (Phi) is 12.6. The summed E-state index contributed by atoms with van der Waals surface area (Å²) in [5.41, 5.74) is 14.7. The van der Waals surface area contributed by atoms with Crippen LogP contribution >= 0.6 is 23.4 Å². The number of fused-ring (bicyclic) bond motifs is 1. The maximum absolute atomic E-state index is 15.2. The molecule has 2 unspecified atom stereocenters. The van der Waals surface area contributed by atoms with Gasteiger partial charge in [-0.3, -0.25) is 9.56 Å². The van der Waals surface area contributed by atoms with Gasteiger partial charge in [-0.2, -0.15) is 4.98 Å². The lowest BCUT2D eigenvalue weighted by Crippen LogP contribution is -2.24. The van der Waals surface area contributed by atoms with Gasteiger partial charge in [-0.1, -0.05) is 31.0 Å². The molecule has 45 heavy (non-hydrogen) atoms. The molecule has 4 rings (SSSR count). The number of aromatic nitrogens is 3. The summed E-state index contributed by atoms with van der Waals surface area (Å²) >= 11 is 7.87. The van der Waals surface area contributed by atoms with Crippen LogP contribution in [0.3, 0.4) is 0 Å². The lowest BCUT2D eigenvalue weighted by atomic mass is 10.0. The van der Waals surface area contributed by atoms with Crippen molar-refractivity contribution in [2.45, 2.75) is 69.4 Å². The second kappa shape index (κ2) is 16.4. The number of alkyl halides is 1. The summed E-state index contributed by atoms with van der Waals surface area (Å²) in [6.45, 7) is 4.87. The normalized spacial score (nSPS) is 13.4. The van der Waals surface area contributed by atoms with Gasteiger partial charge in [-0.05, 0) is 93.3 Å². The van der Waals surface area contributed by atoms with Gasteiger partial charge in [0.1, 0.15) is 12.3 Å². The number of aryl methyl sites for hydroxylation is 1. The fraction of sp³-hybridized carbons (Fsp3) is 0.424. The van der Waals surface area contributed by atoms with Crippen LogP contribution in [0.15, 0.2) is 57.3 Å². The molecule has 242 valence electrons. The first-order chi connectivity index (χ1) is 21.6. The molecule has 2 aromatic carbocycles. The van der Waals surface area contributed by atoms with Crippen molar-refractivity contribution in [2.24, 2.45) is 16.5 Å². The minimum atomic E-state index is -0.579. The number of nitrogens with one attached hydrogen (secondary N) is 2. The van der Waals surface area contributed by atoms with Crippen LogP contribution in [0.2, 0.25) is 5.02 Å². The van der Waals surface area contributed by atoms with E-state index in [0.29, 0.717) is 54.1 Å². The largest absolute Gasteiger partial charge is 0.388 e. The molecule has 0 radical (unpaired) electrons. The van der Waals surface area contributed by atoms with Crippen LogP contribution in [0, 0.1) is 5.82 Å². The van der Waals surface area contributed by atoms with E-state index in [4.69, 9.17) is 23.1 Å². The fourth-order valence-corrected chi connectivity index (χ4v) is 6.29. The Balaban J connectivity index is 1.61. The highest BCUT2D eigenvalue weighted by Crippen LogP contribution is 2.33. The molecule has 0 fully saturated rings. The highest BCUT2D eigenvalue weighted by molar-refractivity contribution is 7.98. The van der Waals surface area contributed by atoms with Gasteiger partial charge in [-0.15, -0.1) is 11.8 Å². The molecule has 12 heteroatoms. The molecule has 0 amide bonds. The highest BCUT2D eigenvalue weighted by atomic mass is 35.5. The number of benzene rings is 2. The SMILES string of the molecule is CCCC(NCCCN=C(C)N)c1ccc(-n2cc3cc(-c4cc(CCCC(N)CF)cc(Cl)c4F)[nH]c3nc2=O)cc1SC. The molecule has 0 aliphatic rings. The molecular formula is C33H42ClF2N7OS. The summed E-state index contributed by atoms with van der Waals surface area (Å²) in [6.07, 6.45) is 8.36. The number of halogens is 3. The van der Waals surface area contributed by atoms with Gasteiger partial charge in [0.15, 0.2) is 5.82 Å². The molecule has 6 N–H and O–H groups in total. The molecule has 0 spiro atoms. The number of H-pyrrole nitrogens is 1. The molecule has 0 bridgehead atoms. The van der Waals surface area contributed by atoms with Crippen molar-refractivity contribution >= 4 is 40.2 Å². The molecule has 2 aromatic heterocycles. The molecule has 2 atom stereocenters. The van der Waals surface area contributed by atoms with Gasteiger partial charge < -0.3 is 21.8 Å². The van der Waals surface area contributed by atoms with Crippen molar-refractivity contribution in [2.75, 3.05) is 26.0 Å². The van der Waals surface area contributed by atoms with Crippen LogP contribution in [0.1, 0.15) is 63.1 Å². The van der Waals surface area contributed by atoms with Crippen LogP contribution in [-0.2, 0) is 6.42 Å². The third kappa shape index (κ3) is 8.94. The summed E-state index contributed by atoms with van der Waals surface area (Å²) in [5, 5.41) is 4.30. The second-order valence-corrected chi connectivity index (χ2v) is 12.5. The molecule has 0 saturated carbocycles. The summed E-state index contributed by atoms with van der Waals surface area (Å²) in [5.74, 6) is 0.0222. The van der Waals surface area contributed by atoms with E-state index in [2.05, 4.69) is 33.3 Å². The Morgan fingerprint density at radius 1 is 1.22 bits per heavy atom. The lowest BCUT2D eigenvalue weighted by Gasteiger charge is -2.22. The first kappa shape index (κ1) is 34.6. The van der Waals surface area contributed by atoms with E-state index >= 15 is 4.39 Å². The summed E-state index contributed by atoms with van der Waals surface area (Å²) in [6, 6.07) is 10.7. The Morgan fingerprint density at radius 3 is 2.73 bits per heavy atom. The minimum absolute atomic E-state index is 0.0109. The predicted octanol–water partition coefficient (Wildman–Crippen LogP) is 6.71. The molecule has 4 aromatic rings. The zero-order chi connectivity index (χ0) is 32.5. The molecule has 2 heterocycles. The van der Waals surface area contributed by atoms with Gasteiger partial charge >= 0.3 is 5.69 Å². The molecule has 0 aliphatic heterocycles. The molecule has 0 aliphatic carbocycles. The van der Waals surface area contributed by atoms with Crippen molar-refractivity contribution in [3.63, 3.8) is 0 Å². The third-order valence-electron chi connectivity index (χ3n) is 7.66. The van der Waals surface area contributed by atoms with E-state index in [-0.39, 0.29) is 16.6 Å². The van der Waals surface area contributed by atoms with E-state index < -0.39 is 24.2 Å². The second-order valence-electron chi connectivity index (χ2n) is 11.2. The third-order valence-corrected chi connectivity index (χ3v) is 8.73. The Labute approximate surface area is 272 Å². The minimum Gasteiger partial charge on any atom is -0.388 e. The van der Waals surface area contributed by atoms with E-state index in [1.807, 2.05) is 18.4 Å². The van der Waals surface area contributed by atoms with Crippen LogP contribution in [-0.4, -0.2) is 52.4 Å². The maximum Gasteiger partial charge on any atom is 0.354 e. The Bertz CT molecular complexity index is 1690.